The van der Waals surface area contributed by atoms with E-state index in [2.05, 4.69) is 5.32 Å². The zero-order valence-electron chi connectivity index (χ0n) is 19.7. The lowest BCUT2D eigenvalue weighted by molar-refractivity contribution is -0.119. The summed E-state index contributed by atoms with van der Waals surface area (Å²) >= 11 is 0. The molecule has 0 saturated carbocycles. The predicted molar refractivity (Wildman–Crippen MR) is 133 cm³/mol. The Hall–Kier alpha value is -3.52. The van der Waals surface area contributed by atoms with Crippen LogP contribution in [-0.4, -0.2) is 41.6 Å². The second-order valence-electron chi connectivity index (χ2n) is 7.80. The molecule has 0 bridgehead atoms. The number of nitrogens with one attached hydrogen (secondary N) is 1. The molecule has 0 saturated heterocycles. The van der Waals surface area contributed by atoms with Gasteiger partial charge in [0.1, 0.15) is 18.0 Å². The van der Waals surface area contributed by atoms with Crippen LogP contribution < -0.4 is 19.1 Å². The van der Waals surface area contributed by atoms with E-state index in [-0.39, 0.29) is 10.6 Å². The molecule has 8 heteroatoms. The first-order chi connectivity index (χ1) is 16.3. The van der Waals surface area contributed by atoms with Crippen LogP contribution in [0.15, 0.2) is 77.7 Å². The van der Waals surface area contributed by atoms with Gasteiger partial charge in [-0.15, -0.1) is 0 Å². The highest BCUT2D eigenvalue weighted by Gasteiger charge is 2.29. The molecule has 0 aliphatic heterocycles. The molecular weight excluding hydrogens is 452 g/mol. The lowest BCUT2D eigenvalue weighted by Crippen LogP contribution is -2.41. The highest BCUT2D eigenvalue weighted by molar-refractivity contribution is 7.92. The van der Waals surface area contributed by atoms with Crippen molar-refractivity contribution in [2.45, 2.75) is 24.7 Å². The molecule has 0 atom stereocenters. The van der Waals surface area contributed by atoms with Crippen molar-refractivity contribution in [3.8, 4) is 11.5 Å². The van der Waals surface area contributed by atoms with Gasteiger partial charge in [-0.1, -0.05) is 48.0 Å². The van der Waals surface area contributed by atoms with Crippen LogP contribution in [0.4, 0.5) is 5.69 Å². The SMILES string of the molecule is COc1ccc(OC)c(N(CC(=O)NCCCc2ccccc2)S(=O)(=O)c2ccc(C)cc2)c1. The van der Waals surface area contributed by atoms with Gasteiger partial charge in [0.25, 0.3) is 10.0 Å². The first kappa shape index (κ1) is 25.1. The average molecular weight is 483 g/mol. The van der Waals surface area contributed by atoms with Gasteiger partial charge >= 0.3 is 0 Å². The molecule has 1 N–H and O–H groups in total. The molecule has 0 aliphatic carbocycles. The quantitative estimate of drug-likeness (QED) is 0.418. The van der Waals surface area contributed by atoms with Gasteiger partial charge in [-0.3, -0.25) is 9.10 Å². The van der Waals surface area contributed by atoms with E-state index in [1.54, 1.807) is 30.3 Å². The Kier molecular flexibility index (Phi) is 8.54. The van der Waals surface area contributed by atoms with Gasteiger partial charge in [-0.25, -0.2) is 8.42 Å². The molecule has 0 aromatic heterocycles. The van der Waals surface area contributed by atoms with Crippen LogP contribution >= 0.6 is 0 Å². The monoisotopic (exact) mass is 482 g/mol. The molecule has 3 aromatic rings. The highest BCUT2D eigenvalue weighted by Crippen LogP contribution is 2.35. The standard InChI is InChI=1S/C26H30N2O5S/c1-20-11-14-23(15-12-20)34(30,31)28(24-18-22(32-2)13-16-25(24)33-3)19-26(29)27-17-7-10-21-8-5-4-6-9-21/h4-6,8-9,11-16,18H,7,10,17,19H2,1-3H3,(H,27,29). The summed E-state index contributed by atoms with van der Waals surface area (Å²) in [4.78, 5) is 12.9. The summed E-state index contributed by atoms with van der Waals surface area (Å²) < 4.78 is 39.0. The molecule has 1 amide bonds. The number of hydrogen-bond donors (Lipinski definition) is 1. The summed E-state index contributed by atoms with van der Waals surface area (Å²) in [5, 5.41) is 2.83. The molecule has 3 aromatic carbocycles. The number of nitrogens with zero attached hydrogens (tertiary/aromatic N) is 1. The zero-order chi connectivity index (χ0) is 24.6. The Balaban J connectivity index is 1.83. The van der Waals surface area contributed by atoms with Gasteiger partial charge in [0.2, 0.25) is 5.91 Å². The minimum atomic E-state index is -4.06. The van der Waals surface area contributed by atoms with E-state index in [0.29, 0.717) is 18.0 Å². The summed E-state index contributed by atoms with van der Waals surface area (Å²) in [6.45, 7) is 1.91. The number of amides is 1. The molecule has 7 nitrogen and oxygen atoms in total. The number of aryl methyl sites for hydroxylation is 2. The van der Waals surface area contributed by atoms with E-state index in [0.717, 1.165) is 22.7 Å². The molecular formula is C26H30N2O5S. The minimum Gasteiger partial charge on any atom is -0.497 e. The molecule has 0 unspecified atom stereocenters. The van der Waals surface area contributed by atoms with E-state index in [4.69, 9.17) is 9.47 Å². The maximum absolute atomic E-state index is 13.6. The van der Waals surface area contributed by atoms with Crippen molar-refractivity contribution in [1.29, 1.82) is 0 Å². The van der Waals surface area contributed by atoms with E-state index < -0.39 is 22.5 Å². The van der Waals surface area contributed by atoms with Crippen LogP contribution in [0.1, 0.15) is 17.5 Å². The van der Waals surface area contributed by atoms with Crippen molar-refractivity contribution < 1.29 is 22.7 Å². The Morgan fingerprint density at radius 2 is 1.65 bits per heavy atom. The van der Waals surface area contributed by atoms with Gasteiger partial charge in [0.05, 0.1) is 24.8 Å². The lowest BCUT2D eigenvalue weighted by Gasteiger charge is -2.26. The second-order valence-corrected chi connectivity index (χ2v) is 9.66. The molecule has 0 spiro atoms. The van der Waals surface area contributed by atoms with Gasteiger partial charge in [-0.2, -0.15) is 0 Å². The number of sulfonamides is 1. The fourth-order valence-electron chi connectivity index (χ4n) is 3.48. The number of anilines is 1. The number of rotatable bonds is 11. The van der Waals surface area contributed by atoms with E-state index in [1.165, 1.54) is 31.9 Å². The van der Waals surface area contributed by atoms with Crippen LogP contribution in [0.5, 0.6) is 11.5 Å². The third kappa shape index (κ3) is 6.29. The topological polar surface area (TPSA) is 84.9 Å². The predicted octanol–water partition coefficient (Wildman–Crippen LogP) is 3.96. The third-order valence-corrected chi connectivity index (χ3v) is 7.13. The molecule has 180 valence electrons. The summed E-state index contributed by atoms with van der Waals surface area (Å²) in [7, 11) is -1.12. The van der Waals surface area contributed by atoms with Gasteiger partial charge in [0, 0.05) is 12.6 Å². The summed E-state index contributed by atoms with van der Waals surface area (Å²) in [6.07, 6.45) is 1.55. The van der Waals surface area contributed by atoms with Crippen LogP contribution in [0, 0.1) is 6.92 Å². The summed E-state index contributed by atoms with van der Waals surface area (Å²) in [5.74, 6) is 0.352. The van der Waals surface area contributed by atoms with E-state index in [1.807, 2.05) is 37.3 Å². The fourth-order valence-corrected chi connectivity index (χ4v) is 4.90. The van der Waals surface area contributed by atoms with Crippen molar-refractivity contribution in [2.75, 3.05) is 31.6 Å². The minimum absolute atomic E-state index is 0.0832. The first-order valence-corrected chi connectivity index (χ1v) is 12.4. The maximum atomic E-state index is 13.6. The molecule has 0 aliphatic rings. The number of carbonyl (C=O) groups excluding carboxylic acids is 1. The highest BCUT2D eigenvalue weighted by atomic mass is 32.2. The van der Waals surface area contributed by atoms with Gasteiger partial charge in [-0.05, 0) is 49.6 Å². The lowest BCUT2D eigenvalue weighted by atomic mass is 10.1. The fraction of sp³-hybridized carbons (Fsp3) is 0.269. The van der Waals surface area contributed by atoms with Crippen LogP contribution in [0.3, 0.4) is 0 Å². The number of hydrogen-bond acceptors (Lipinski definition) is 5. The molecule has 0 fully saturated rings. The Labute approximate surface area is 201 Å². The first-order valence-electron chi connectivity index (χ1n) is 11.0. The van der Waals surface area contributed by atoms with Crippen LogP contribution in [0.25, 0.3) is 0 Å². The number of benzene rings is 3. The van der Waals surface area contributed by atoms with E-state index >= 15 is 0 Å². The van der Waals surface area contributed by atoms with Crippen molar-refractivity contribution >= 4 is 21.6 Å². The molecule has 0 radical (unpaired) electrons. The van der Waals surface area contributed by atoms with Crippen molar-refractivity contribution in [2.24, 2.45) is 0 Å². The van der Waals surface area contributed by atoms with Crippen molar-refractivity contribution in [3.05, 3.63) is 83.9 Å². The van der Waals surface area contributed by atoms with Crippen molar-refractivity contribution in [3.63, 3.8) is 0 Å². The normalized spacial score (nSPS) is 11.0. The van der Waals surface area contributed by atoms with Gasteiger partial charge in [0.15, 0.2) is 0 Å². The summed E-state index contributed by atoms with van der Waals surface area (Å²) in [6, 6.07) is 21.3. The maximum Gasteiger partial charge on any atom is 0.264 e. The molecule has 3 rings (SSSR count). The third-order valence-electron chi connectivity index (χ3n) is 5.36. The van der Waals surface area contributed by atoms with Gasteiger partial charge < -0.3 is 14.8 Å². The van der Waals surface area contributed by atoms with E-state index in [9.17, 15) is 13.2 Å². The molecule has 0 heterocycles. The number of ether oxygens (including phenoxy) is 2. The Bertz CT molecular complexity index is 1200. The Morgan fingerprint density at radius 1 is 0.941 bits per heavy atom. The second kappa shape index (κ2) is 11.6. The van der Waals surface area contributed by atoms with Crippen LogP contribution in [0.2, 0.25) is 0 Å². The molecule has 34 heavy (non-hydrogen) atoms. The smallest absolute Gasteiger partial charge is 0.264 e. The Morgan fingerprint density at radius 3 is 2.29 bits per heavy atom. The van der Waals surface area contributed by atoms with Crippen LogP contribution in [-0.2, 0) is 21.2 Å². The summed E-state index contributed by atoms with van der Waals surface area (Å²) in [5.41, 5.74) is 2.34. The number of methoxy groups -OCH3 is 2. The van der Waals surface area contributed by atoms with Crippen molar-refractivity contribution in [1.82, 2.24) is 5.32 Å². The largest absolute Gasteiger partial charge is 0.497 e. The average Bonchev–Trinajstić information content (AvgIpc) is 2.85. The zero-order valence-corrected chi connectivity index (χ0v) is 20.5. The number of carbonyl (C=O) groups is 1.